The lowest BCUT2D eigenvalue weighted by atomic mass is 10.1. The van der Waals surface area contributed by atoms with E-state index in [1.807, 2.05) is 43.3 Å². The summed E-state index contributed by atoms with van der Waals surface area (Å²) >= 11 is 5.92. The zero-order valence-corrected chi connectivity index (χ0v) is 15.5. The summed E-state index contributed by atoms with van der Waals surface area (Å²) in [4.78, 5) is 12.0. The van der Waals surface area contributed by atoms with Crippen LogP contribution in [0.25, 0.3) is 0 Å². The van der Waals surface area contributed by atoms with E-state index in [9.17, 15) is 4.79 Å². The molecule has 0 atom stereocenters. The van der Waals surface area contributed by atoms with Crippen molar-refractivity contribution >= 4 is 17.5 Å². The van der Waals surface area contributed by atoms with E-state index >= 15 is 0 Å². The Morgan fingerprint density at radius 2 is 2.04 bits per heavy atom. The molecule has 1 amide bonds. The van der Waals surface area contributed by atoms with Crippen LogP contribution in [0.15, 0.2) is 36.4 Å². The highest BCUT2D eigenvalue weighted by Crippen LogP contribution is 2.32. The van der Waals surface area contributed by atoms with E-state index in [2.05, 4.69) is 5.32 Å². The number of hydrogen-bond donors (Lipinski definition) is 1. The van der Waals surface area contributed by atoms with Gasteiger partial charge in [-0.05, 0) is 61.2 Å². The fourth-order valence-electron chi connectivity index (χ4n) is 2.70. The molecule has 0 aliphatic carbocycles. The van der Waals surface area contributed by atoms with Crippen LogP contribution >= 0.6 is 11.6 Å². The summed E-state index contributed by atoms with van der Waals surface area (Å²) in [5, 5.41) is 3.62. The van der Waals surface area contributed by atoms with Crippen LogP contribution in [0, 0.1) is 6.92 Å². The molecule has 1 aliphatic rings. The van der Waals surface area contributed by atoms with Gasteiger partial charge in [0.1, 0.15) is 5.75 Å². The SMILES string of the molecule is Cc1cc(Cl)ccc1OCCCNC(=O)CCc1ccc2c(c1)OCO2. The lowest BCUT2D eigenvalue weighted by Crippen LogP contribution is -2.25. The van der Waals surface area contributed by atoms with E-state index in [1.165, 1.54) is 0 Å². The fourth-order valence-corrected chi connectivity index (χ4v) is 2.93. The van der Waals surface area contributed by atoms with Crippen LogP contribution in [0.1, 0.15) is 24.0 Å². The lowest BCUT2D eigenvalue weighted by molar-refractivity contribution is -0.121. The Balaban J connectivity index is 1.32. The summed E-state index contributed by atoms with van der Waals surface area (Å²) in [6.45, 7) is 3.35. The second-order valence-corrected chi connectivity index (χ2v) is 6.59. The predicted molar refractivity (Wildman–Crippen MR) is 100 cm³/mol. The van der Waals surface area contributed by atoms with Crippen molar-refractivity contribution in [3.8, 4) is 17.2 Å². The van der Waals surface area contributed by atoms with E-state index in [4.69, 9.17) is 25.8 Å². The molecule has 26 heavy (non-hydrogen) atoms. The highest BCUT2D eigenvalue weighted by Gasteiger charge is 2.13. The third-order valence-corrected chi connectivity index (χ3v) is 4.35. The summed E-state index contributed by atoms with van der Waals surface area (Å²) in [7, 11) is 0. The molecule has 5 nitrogen and oxygen atoms in total. The number of benzene rings is 2. The first-order valence-electron chi connectivity index (χ1n) is 8.66. The van der Waals surface area contributed by atoms with Gasteiger partial charge in [0.15, 0.2) is 11.5 Å². The van der Waals surface area contributed by atoms with Gasteiger partial charge in [0, 0.05) is 18.0 Å². The predicted octanol–water partition coefficient (Wildman–Crippen LogP) is 3.90. The Bertz CT molecular complexity index is 778. The van der Waals surface area contributed by atoms with Crippen molar-refractivity contribution in [1.82, 2.24) is 5.32 Å². The molecule has 0 radical (unpaired) electrons. The first kappa shape index (κ1) is 18.4. The number of ether oxygens (including phenoxy) is 3. The van der Waals surface area contributed by atoms with Gasteiger partial charge >= 0.3 is 0 Å². The lowest BCUT2D eigenvalue weighted by Gasteiger charge is -2.10. The van der Waals surface area contributed by atoms with Crippen molar-refractivity contribution in [2.75, 3.05) is 19.9 Å². The summed E-state index contributed by atoms with van der Waals surface area (Å²) in [5.41, 5.74) is 2.07. The minimum absolute atomic E-state index is 0.0327. The molecule has 3 rings (SSSR count). The van der Waals surface area contributed by atoms with Gasteiger partial charge in [0.25, 0.3) is 0 Å². The average Bonchev–Trinajstić information content (AvgIpc) is 3.09. The van der Waals surface area contributed by atoms with Gasteiger partial charge in [-0.25, -0.2) is 0 Å². The first-order valence-corrected chi connectivity index (χ1v) is 9.04. The Kier molecular flexibility index (Phi) is 6.23. The van der Waals surface area contributed by atoms with Crippen LogP contribution in [0.5, 0.6) is 17.2 Å². The highest BCUT2D eigenvalue weighted by atomic mass is 35.5. The minimum atomic E-state index is 0.0327. The van der Waals surface area contributed by atoms with Gasteiger partial charge < -0.3 is 19.5 Å². The number of hydrogen-bond acceptors (Lipinski definition) is 4. The molecule has 0 saturated heterocycles. The number of rotatable bonds is 8. The summed E-state index contributed by atoms with van der Waals surface area (Å²) in [6, 6.07) is 11.3. The number of carbonyl (C=O) groups is 1. The molecule has 0 aromatic heterocycles. The molecule has 0 saturated carbocycles. The Morgan fingerprint density at radius 1 is 1.19 bits per heavy atom. The quantitative estimate of drug-likeness (QED) is 0.711. The van der Waals surface area contributed by atoms with Crippen LogP contribution in [0.3, 0.4) is 0 Å². The van der Waals surface area contributed by atoms with E-state index < -0.39 is 0 Å². The van der Waals surface area contributed by atoms with E-state index in [-0.39, 0.29) is 12.7 Å². The zero-order chi connectivity index (χ0) is 18.4. The smallest absolute Gasteiger partial charge is 0.231 e. The van der Waals surface area contributed by atoms with Crippen molar-refractivity contribution in [3.05, 3.63) is 52.5 Å². The largest absolute Gasteiger partial charge is 0.493 e. The maximum atomic E-state index is 12.0. The summed E-state index contributed by atoms with van der Waals surface area (Å²) in [5.74, 6) is 2.36. The van der Waals surface area contributed by atoms with Gasteiger partial charge in [-0.1, -0.05) is 17.7 Å². The molecule has 1 N–H and O–H groups in total. The van der Waals surface area contributed by atoms with Crippen molar-refractivity contribution in [1.29, 1.82) is 0 Å². The molecule has 2 aromatic carbocycles. The van der Waals surface area contributed by atoms with Gasteiger partial charge in [-0.15, -0.1) is 0 Å². The standard InChI is InChI=1S/C20H22ClNO4/c1-14-11-16(21)5-7-17(14)24-10-2-9-22-20(23)8-4-15-3-6-18-19(12-15)26-13-25-18/h3,5-7,11-12H,2,4,8-10,13H2,1H3,(H,22,23). The molecule has 2 aromatic rings. The van der Waals surface area contributed by atoms with Crippen molar-refractivity contribution in [2.45, 2.75) is 26.2 Å². The van der Waals surface area contributed by atoms with Crippen LogP contribution < -0.4 is 19.5 Å². The molecule has 0 unspecified atom stereocenters. The van der Waals surface area contributed by atoms with Gasteiger partial charge in [-0.2, -0.15) is 0 Å². The maximum absolute atomic E-state index is 12.0. The Morgan fingerprint density at radius 3 is 2.88 bits per heavy atom. The minimum Gasteiger partial charge on any atom is -0.493 e. The molecule has 6 heteroatoms. The Labute approximate surface area is 158 Å². The topological polar surface area (TPSA) is 56.8 Å². The van der Waals surface area contributed by atoms with Crippen LogP contribution in [-0.2, 0) is 11.2 Å². The van der Waals surface area contributed by atoms with E-state index in [0.29, 0.717) is 31.0 Å². The number of aryl methyl sites for hydroxylation is 2. The molecule has 138 valence electrons. The third-order valence-electron chi connectivity index (χ3n) is 4.12. The second kappa shape index (κ2) is 8.81. The summed E-state index contributed by atoms with van der Waals surface area (Å²) < 4.78 is 16.3. The number of amides is 1. The zero-order valence-electron chi connectivity index (χ0n) is 14.7. The van der Waals surface area contributed by atoms with Crippen molar-refractivity contribution < 1.29 is 19.0 Å². The number of nitrogens with one attached hydrogen (secondary N) is 1. The van der Waals surface area contributed by atoms with Crippen LogP contribution in [0.4, 0.5) is 0 Å². The molecule has 1 heterocycles. The maximum Gasteiger partial charge on any atom is 0.231 e. The molecule has 1 aliphatic heterocycles. The monoisotopic (exact) mass is 375 g/mol. The van der Waals surface area contributed by atoms with E-state index in [1.54, 1.807) is 0 Å². The number of halogens is 1. The van der Waals surface area contributed by atoms with Gasteiger partial charge in [0.05, 0.1) is 6.61 Å². The highest BCUT2D eigenvalue weighted by molar-refractivity contribution is 6.30. The van der Waals surface area contributed by atoms with Gasteiger partial charge in [-0.3, -0.25) is 4.79 Å². The molecule has 0 bridgehead atoms. The summed E-state index contributed by atoms with van der Waals surface area (Å²) in [6.07, 6.45) is 1.86. The Hall–Kier alpha value is -2.40. The first-order chi connectivity index (χ1) is 12.6. The van der Waals surface area contributed by atoms with Crippen LogP contribution in [-0.4, -0.2) is 25.9 Å². The molecular weight excluding hydrogens is 354 g/mol. The molecule has 0 spiro atoms. The molecular formula is C20H22ClNO4. The number of fused-ring (bicyclic) bond motifs is 1. The average molecular weight is 376 g/mol. The number of carbonyl (C=O) groups excluding carboxylic acids is 1. The van der Waals surface area contributed by atoms with Gasteiger partial charge in [0.2, 0.25) is 12.7 Å². The van der Waals surface area contributed by atoms with Crippen LogP contribution in [0.2, 0.25) is 5.02 Å². The molecule has 0 fully saturated rings. The van der Waals surface area contributed by atoms with Crippen molar-refractivity contribution in [3.63, 3.8) is 0 Å². The second-order valence-electron chi connectivity index (χ2n) is 6.15. The normalized spacial score (nSPS) is 12.1. The van der Waals surface area contributed by atoms with Crippen molar-refractivity contribution in [2.24, 2.45) is 0 Å². The fraction of sp³-hybridized carbons (Fsp3) is 0.350. The van der Waals surface area contributed by atoms with E-state index in [0.717, 1.165) is 34.8 Å². The third kappa shape index (κ3) is 5.05.